The molecule has 7 nitrogen and oxygen atoms in total. The number of nitrogens with zero attached hydrogens (tertiary/aromatic N) is 4. The van der Waals surface area contributed by atoms with E-state index in [-0.39, 0.29) is 0 Å². The van der Waals surface area contributed by atoms with Gasteiger partial charge in [0.05, 0.1) is 16.8 Å². The van der Waals surface area contributed by atoms with Crippen LogP contribution < -0.4 is 10.7 Å². The zero-order valence-electron chi connectivity index (χ0n) is 20.5. The van der Waals surface area contributed by atoms with Crippen molar-refractivity contribution in [2.24, 2.45) is 5.73 Å². The number of halogens is 3. The van der Waals surface area contributed by atoms with Gasteiger partial charge in [0.15, 0.2) is 24.0 Å². The van der Waals surface area contributed by atoms with E-state index in [0.29, 0.717) is 23.9 Å². The first-order chi connectivity index (χ1) is 19.0. The minimum absolute atomic E-state index is 0.506. The number of rotatable bonds is 5. The fourth-order valence-corrected chi connectivity index (χ4v) is 4.17. The highest BCUT2D eigenvalue weighted by Gasteiger charge is 2.17. The van der Waals surface area contributed by atoms with E-state index in [1.807, 2.05) is 60.9 Å². The molecule has 6 rings (SSSR count). The number of hydrogen-bond acceptors (Lipinski definition) is 5. The van der Waals surface area contributed by atoms with Crippen LogP contribution in [-0.4, -0.2) is 31.8 Å². The summed E-state index contributed by atoms with van der Waals surface area (Å²) in [5.74, 6) is 1.19. The van der Waals surface area contributed by atoms with Crippen LogP contribution >= 0.6 is 0 Å². The van der Waals surface area contributed by atoms with Gasteiger partial charge in [-0.2, -0.15) is 18.3 Å². The molecule has 0 unspecified atom stereocenters. The van der Waals surface area contributed by atoms with Gasteiger partial charge in [0.2, 0.25) is 0 Å². The van der Waals surface area contributed by atoms with Crippen molar-refractivity contribution in [3.05, 3.63) is 103 Å². The summed E-state index contributed by atoms with van der Waals surface area (Å²) < 4.78 is 29.0. The average Bonchev–Trinajstić information content (AvgIpc) is 3.47. The van der Waals surface area contributed by atoms with E-state index in [1.165, 1.54) is 0 Å². The quantitative estimate of drug-likeness (QED) is 0.292. The number of nitrogens with two attached hydrogens (primary N) is 1. The topological polar surface area (TPSA) is 108 Å². The molecule has 0 fully saturated rings. The molecule has 0 aliphatic heterocycles. The lowest BCUT2D eigenvalue weighted by Crippen LogP contribution is -1.98. The maximum Gasteiger partial charge on any atom is 0.379 e. The summed E-state index contributed by atoms with van der Waals surface area (Å²) in [5, 5.41) is 8.36. The normalized spacial score (nSPS) is 10.9. The zero-order chi connectivity index (χ0) is 27.2. The molecule has 0 spiro atoms. The smallest absolute Gasteiger partial charge is 0.326 e. The van der Waals surface area contributed by atoms with E-state index in [2.05, 4.69) is 50.5 Å². The summed E-state index contributed by atoms with van der Waals surface area (Å²) in [6.45, 7) is -3.16. The number of benzene rings is 2. The van der Waals surface area contributed by atoms with Crippen molar-refractivity contribution in [2.75, 3.05) is 0 Å². The molecule has 0 aliphatic rings. The van der Waals surface area contributed by atoms with Crippen LogP contribution in [0, 0.1) is 0 Å². The summed E-state index contributed by atoms with van der Waals surface area (Å²) in [6, 6.07) is 26.4. The standard InChI is InChI=1S/C28H21N7.CHF3/c29-16-18-8-10-20(11-9-18)25-22(19-5-2-1-3-6-19)15-23-24(32-25)12-14-31-26(23)28-33-27(34-35-28)21-7-4-13-30-17-21;2-1(3)4/h1-15,17H,16,29H2,(H,33,34,35);1H/p+1. The summed E-state index contributed by atoms with van der Waals surface area (Å²) in [5.41, 5.74) is 13.3. The molecule has 194 valence electrons. The van der Waals surface area contributed by atoms with Crippen LogP contribution in [0.2, 0.25) is 0 Å². The largest absolute Gasteiger partial charge is 0.379 e. The Balaban J connectivity index is 0.000000723. The average molecular weight is 527 g/mol. The molecule has 0 saturated heterocycles. The minimum atomic E-state index is -3.67. The van der Waals surface area contributed by atoms with Crippen LogP contribution in [0.5, 0.6) is 0 Å². The number of fused-ring (bicyclic) bond motifs is 1. The van der Waals surface area contributed by atoms with Crippen molar-refractivity contribution in [2.45, 2.75) is 13.2 Å². The van der Waals surface area contributed by atoms with Gasteiger partial charge in [0.1, 0.15) is 5.69 Å². The SMILES string of the molecule is FC(F)F.NCc1ccc(-c2nc3ccnc(-c4nc(-c5ccc[nH+]c5)n[nH]4)c3cc2-c2ccccc2)cc1. The third-order valence-corrected chi connectivity index (χ3v) is 5.97. The Labute approximate surface area is 221 Å². The van der Waals surface area contributed by atoms with E-state index in [4.69, 9.17) is 15.7 Å². The Hall–Kier alpha value is -4.96. The molecule has 39 heavy (non-hydrogen) atoms. The number of pyridine rings is 3. The van der Waals surface area contributed by atoms with Crippen molar-refractivity contribution >= 4 is 10.9 Å². The predicted octanol–water partition coefficient (Wildman–Crippen LogP) is 5.87. The number of H-pyrrole nitrogens is 2. The first-order valence-corrected chi connectivity index (χ1v) is 12.0. The van der Waals surface area contributed by atoms with E-state index in [1.54, 1.807) is 6.20 Å². The van der Waals surface area contributed by atoms with Gasteiger partial charge in [-0.05, 0) is 29.3 Å². The molecule has 4 heterocycles. The molecular weight excluding hydrogens is 503 g/mol. The Morgan fingerprint density at radius 3 is 2.26 bits per heavy atom. The molecule has 0 bridgehead atoms. The first kappa shape index (κ1) is 25.7. The van der Waals surface area contributed by atoms with Crippen LogP contribution in [0.25, 0.3) is 56.2 Å². The van der Waals surface area contributed by atoms with E-state index in [0.717, 1.165) is 44.4 Å². The Bertz CT molecular complexity index is 1670. The minimum Gasteiger partial charge on any atom is -0.326 e. The summed E-state index contributed by atoms with van der Waals surface area (Å²) >= 11 is 0. The molecule has 0 saturated carbocycles. The predicted molar refractivity (Wildman–Crippen MR) is 143 cm³/mol. The molecule has 4 aromatic heterocycles. The monoisotopic (exact) mass is 526 g/mol. The van der Waals surface area contributed by atoms with Crippen molar-refractivity contribution in [3.8, 4) is 45.3 Å². The second kappa shape index (κ2) is 11.6. The highest BCUT2D eigenvalue weighted by atomic mass is 19.4. The highest BCUT2D eigenvalue weighted by Crippen LogP contribution is 2.36. The molecule has 0 radical (unpaired) electrons. The fraction of sp³-hybridized carbons (Fsp3) is 0.0690. The highest BCUT2D eigenvalue weighted by molar-refractivity contribution is 5.97. The van der Waals surface area contributed by atoms with E-state index in [9.17, 15) is 13.2 Å². The summed E-state index contributed by atoms with van der Waals surface area (Å²) in [6.07, 6.45) is 5.47. The van der Waals surface area contributed by atoms with Crippen LogP contribution in [0.4, 0.5) is 13.2 Å². The maximum atomic E-state index is 9.67. The van der Waals surface area contributed by atoms with Crippen LogP contribution in [0.3, 0.4) is 0 Å². The first-order valence-electron chi connectivity index (χ1n) is 12.0. The Morgan fingerprint density at radius 2 is 1.56 bits per heavy atom. The molecule has 4 N–H and O–H groups in total. The van der Waals surface area contributed by atoms with E-state index < -0.39 is 6.68 Å². The number of aromatic nitrogens is 6. The van der Waals surface area contributed by atoms with Crippen molar-refractivity contribution < 1.29 is 18.2 Å². The van der Waals surface area contributed by atoms with Gasteiger partial charge in [-0.1, -0.05) is 54.6 Å². The van der Waals surface area contributed by atoms with Gasteiger partial charge in [0.25, 0.3) is 0 Å². The second-order valence-electron chi connectivity index (χ2n) is 8.43. The third-order valence-electron chi connectivity index (χ3n) is 5.97. The lowest BCUT2D eigenvalue weighted by atomic mass is 9.96. The number of alkyl halides is 3. The van der Waals surface area contributed by atoms with Gasteiger partial charge < -0.3 is 5.73 Å². The second-order valence-corrected chi connectivity index (χ2v) is 8.43. The van der Waals surface area contributed by atoms with E-state index >= 15 is 0 Å². The molecule has 0 amide bonds. The molecule has 2 aromatic carbocycles. The number of nitrogens with one attached hydrogen (secondary N) is 2. The Kier molecular flexibility index (Phi) is 7.65. The number of aromatic amines is 2. The summed E-state index contributed by atoms with van der Waals surface area (Å²) in [7, 11) is 0. The van der Waals surface area contributed by atoms with Crippen molar-refractivity contribution in [1.29, 1.82) is 0 Å². The van der Waals surface area contributed by atoms with Crippen molar-refractivity contribution in [1.82, 2.24) is 25.1 Å². The zero-order valence-corrected chi connectivity index (χ0v) is 20.5. The lowest BCUT2D eigenvalue weighted by Gasteiger charge is -2.13. The van der Waals surface area contributed by atoms with Crippen LogP contribution in [-0.2, 0) is 6.54 Å². The van der Waals surface area contributed by atoms with Gasteiger partial charge in [-0.25, -0.2) is 15.0 Å². The van der Waals surface area contributed by atoms with Crippen molar-refractivity contribution in [3.63, 3.8) is 0 Å². The summed E-state index contributed by atoms with van der Waals surface area (Å²) in [4.78, 5) is 17.5. The number of hydrogen-bond donors (Lipinski definition) is 2. The molecule has 10 heteroatoms. The van der Waals surface area contributed by atoms with Gasteiger partial charge >= 0.3 is 6.68 Å². The molecule has 6 aromatic rings. The van der Waals surface area contributed by atoms with Gasteiger partial charge in [-0.15, -0.1) is 0 Å². The fourth-order valence-electron chi connectivity index (χ4n) is 4.17. The third kappa shape index (κ3) is 5.81. The Morgan fingerprint density at radius 1 is 0.821 bits per heavy atom. The molecule has 0 atom stereocenters. The molecular formula is C29H23F3N7+. The maximum absolute atomic E-state index is 9.67. The lowest BCUT2D eigenvalue weighted by molar-refractivity contribution is -0.377. The van der Waals surface area contributed by atoms with Crippen LogP contribution in [0.1, 0.15) is 5.56 Å². The van der Waals surface area contributed by atoms with Crippen LogP contribution in [0.15, 0.2) is 97.5 Å². The van der Waals surface area contributed by atoms with Gasteiger partial charge in [0, 0.05) is 35.3 Å². The molecule has 0 aliphatic carbocycles. The van der Waals surface area contributed by atoms with Gasteiger partial charge in [-0.3, -0.25) is 10.1 Å².